The molecule has 7 heteroatoms. The third kappa shape index (κ3) is 4.00. The van der Waals surface area contributed by atoms with Crippen LogP contribution in [0.3, 0.4) is 0 Å². The van der Waals surface area contributed by atoms with Crippen LogP contribution in [0, 0.1) is 6.92 Å². The maximum atomic E-state index is 12.9. The predicted molar refractivity (Wildman–Crippen MR) is 92.8 cm³/mol. The van der Waals surface area contributed by atoms with Gasteiger partial charge < -0.3 is 15.5 Å². The molecule has 2 amide bonds. The summed E-state index contributed by atoms with van der Waals surface area (Å²) < 4.78 is 0. The number of rotatable bonds is 4. The van der Waals surface area contributed by atoms with Gasteiger partial charge in [0.25, 0.3) is 5.91 Å². The van der Waals surface area contributed by atoms with Gasteiger partial charge >= 0.3 is 0 Å². The first-order chi connectivity index (χ1) is 12.2. The number of nitrogens with one attached hydrogen (secondary N) is 2. The number of amides is 2. The van der Waals surface area contributed by atoms with Crippen LogP contribution in [0.1, 0.15) is 21.6 Å². The number of aryl methyl sites for hydroxylation is 1. The van der Waals surface area contributed by atoms with Gasteiger partial charge in [0.1, 0.15) is 6.04 Å². The minimum absolute atomic E-state index is 0.162. The van der Waals surface area contributed by atoms with Crippen molar-refractivity contribution in [2.75, 3.05) is 19.6 Å². The van der Waals surface area contributed by atoms with Crippen molar-refractivity contribution in [2.24, 2.45) is 0 Å². The Morgan fingerprint density at radius 3 is 2.96 bits per heavy atom. The number of carbonyl (C=O) groups is 2. The third-order valence-corrected chi connectivity index (χ3v) is 4.25. The normalized spacial score (nSPS) is 17.2. The molecule has 2 N–H and O–H groups in total. The SMILES string of the molecule is Cc1ccncc1C(=O)N1CCNC[C@H]1C(=O)NCc1ccccn1. The molecule has 0 aliphatic carbocycles. The zero-order valence-electron chi connectivity index (χ0n) is 14.1. The molecule has 0 radical (unpaired) electrons. The van der Waals surface area contributed by atoms with Gasteiger partial charge in [0, 0.05) is 38.2 Å². The maximum Gasteiger partial charge on any atom is 0.256 e. The summed E-state index contributed by atoms with van der Waals surface area (Å²) in [4.78, 5) is 35.3. The zero-order chi connectivity index (χ0) is 17.6. The molecule has 0 saturated carbocycles. The number of aromatic nitrogens is 2. The van der Waals surface area contributed by atoms with Crippen LogP contribution < -0.4 is 10.6 Å². The standard InChI is InChI=1S/C18H21N5O2/c1-13-5-7-19-11-15(13)18(25)23-9-8-20-12-16(23)17(24)22-10-14-4-2-3-6-21-14/h2-7,11,16,20H,8-10,12H2,1H3,(H,22,24)/t16-/m0/s1. The summed E-state index contributed by atoms with van der Waals surface area (Å²) in [7, 11) is 0. The van der Waals surface area contributed by atoms with Gasteiger partial charge in [-0.3, -0.25) is 19.6 Å². The fourth-order valence-electron chi connectivity index (χ4n) is 2.82. The molecule has 0 aromatic carbocycles. The molecule has 7 nitrogen and oxygen atoms in total. The fourth-order valence-corrected chi connectivity index (χ4v) is 2.82. The first-order valence-electron chi connectivity index (χ1n) is 8.26. The molecule has 130 valence electrons. The summed E-state index contributed by atoms with van der Waals surface area (Å²) in [6.07, 6.45) is 4.90. The van der Waals surface area contributed by atoms with E-state index in [1.807, 2.05) is 25.1 Å². The van der Waals surface area contributed by atoms with Gasteiger partial charge in [-0.15, -0.1) is 0 Å². The Labute approximate surface area is 146 Å². The lowest BCUT2D eigenvalue weighted by atomic mass is 10.1. The molecule has 0 spiro atoms. The van der Waals surface area contributed by atoms with Gasteiger partial charge in [-0.25, -0.2) is 0 Å². The molecule has 1 saturated heterocycles. The van der Waals surface area contributed by atoms with Crippen molar-refractivity contribution in [3.05, 3.63) is 59.7 Å². The molecule has 1 fully saturated rings. The lowest BCUT2D eigenvalue weighted by molar-refractivity contribution is -0.126. The molecule has 1 aliphatic rings. The minimum Gasteiger partial charge on any atom is -0.349 e. The van der Waals surface area contributed by atoms with Crippen molar-refractivity contribution in [3.8, 4) is 0 Å². The summed E-state index contributed by atoms with van der Waals surface area (Å²) in [5, 5.41) is 6.05. The Kier molecular flexibility index (Phi) is 5.35. The molecule has 0 bridgehead atoms. The van der Waals surface area contributed by atoms with E-state index in [4.69, 9.17) is 0 Å². The molecule has 0 unspecified atom stereocenters. The lowest BCUT2D eigenvalue weighted by Crippen LogP contribution is -2.59. The van der Waals surface area contributed by atoms with Crippen molar-refractivity contribution in [1.82, 2.24) is 25.5 Å². The second-order valence-corrected chi connectivity index (χ2v) is 5.95. The number of hydrogen-bond acceptors (Lipinski definition) is 5. The Hall–Kier alpha value is -2.80. The molecule has 3 heterocycles. The minimum atomic E-state index is -0.551. The van der Waals surface area contributed by atoms with Crippen LogP contribution in [0.15, 0.2) is 42.9 Å². The summed E-state index contributed by atoms with van der Waals surface area (Å²) in [6.45, 7) is 3.78. The van der Waals surface area contributed by atoms with Crippen LogP contribution in [-0.4, -0.2) is 52.4 Å². The Morgan fingerprint density at radius 1 is 1.32 bits per heavy atom. The van der Waals surface area contributed by atoms with E-state index in [0.717, 1.165) is 11.3 Å². The largest absolute Gasteiger partial charge is 0.349 e. The molecular formula is C18H21N5O2. The third-order valence-electron chi connectivity index (χ3n) is 4.25. The highest BCUT2D eigenvalue weighted by atomic mass is 16.2. The number of carbonyl (C=O) groups excluding carboxylic acids is 2. The lowest BCUT2D eigenvalue weighted by Gasteiger charge is -2.35. The van der Waals surface area contributed by atoms with E-state index in [-0.39, 0.29) is 11.8 Å². The van der Waals surface area contributed by atoms with Gasteiger partial charge in [0.15, 0.2) is 0 Å². The quantitative estimate of drug-likeness (QED) is 0.848. The van der Waals surface area contributed by atoms with E-state index in [2.05, 4.69) is 20.6 Å². The van der Waals surface area contributed by atoms with Crippen molar-refractivity contribution in [3.63, 3.8) is 0 Å². The van der Waals surface area contributed by atoms with Crippen molar-refractivity contribution in [1.29, 1.82) is 0 Å². The average molecular weight is 339 g/mol. The molecule has 2 aromatic heterocycles. The van der Waals surface area contributed by atoms with Crippen LogP contribution in [-0.2, 0) is 11.3 Å². The van der Waals surface area contributed by atoms with Crippen LogP contribution in [0.5, 0.6) is 0 Å². The predicted octanol–water partition coefficient (Wildman–Crippen LogP) is 0.515. The summed E-state index contributed by atoms with van der Waals surface area (Å²) in [6, 6.07) is 6.79. The van der Waals surface area contributed by atoms with Crippen molar-refractivity contribution in [2.45, 2.75) is 19.5 Å². The molecule has 2 aromatic rings. The van der Waals surface area contributed by atoms with E-state index in [1.54, 1.807) is 29.6 Å². The first-order valence-corrected chi connectivity index (χ1v) is 8.26. The number of hydrogen-bond donors (Lipinski definition) is 2. The van der Waals surface area contributed by atoms with E-state index in [1.165, 1.54) is 0 Å². The van der Waals surface area contributed by atoms with Gasteiger partial charge in [-0.05, 0) is 30.7 Å². The Morgan fingerprint density at radius 2 is 2.20 bits per heavy atom. The highest BCUT2D eigenvalue weighted by Gasteiger charge is 2.33. The monoisotopic (exact) mass is 339 g/mol. The van der Waals surface area contributed by atoms with E-state index in [9.17, 15) is 9.59 Å². The highest BCUT2D eigenvalue weighted by Crippen LogP contribution is 2.13. The van der Waals surface area contributed by atoms with E-state index in [0.29, 0.717) is 31.7 Å². The molecule has 1 atom stereocenters. The number of nitrogens with zero attached hydrogens (tertiary/aromatic N) is 3. The molecule has 1 aliphatic heterocycles. The van der Waals surface area contributed by atoms with Gasteiger partial charge in [-0.1, -0.05) is 6.07 Å². The van der Waals surface area contributed by atoms with Crippen molar-refractivity contribution < 1.29 is 9.59 Å². The zero-order valence-corrected chi connectivity index (χ0v) is 14.1. The summed E-state index contributed by atoms with van der Waals surface area (Å²) in [5.41, 5.74) is 2.17. The smallest absolute Gasteiger partial charge is 0.256 e. The number of piperazine rings is 1. The van der Waals surface area contributed by atoms with Crippen LogP contribution >= 0.6 is 0 Å². The van der Waals surface area contributed by atoms with E-state index < -0.39 is 6.04 Å². The molecule has 3 rings (SSSR count). The molecule has 25 heavy (non-hydrogen) atoms. The second kappa shape index (κ2) is 7.85. The highest BCUT2D eigenvalue weighted by molar-refractivity contribution is 5.98. The second-order valence-electron chi connectivity index (χ2n) is 5.95. The van der Waals surface area contributed by atoms with E-state index >= 15 is 0 Å². The first kappa shape index (κ1) is 17.0. The average Bonchev–Trinajstić information content (AvgIpc) is 2.67. The van der Waals surface area contributed by atoms with Gasteiger partial charge in [-0.2, -0.15) is 0 Å². The summed E-state index contributed by atoms with van der Waals surface area (Å²) >= 11 is 0. The van der Waals surface area contributed by atoms with Crippen LogP contribution in [0.4, 0.5) is 0 Å². The van der Waals surface area contributed by atoms with Crippen LogP contribution in [0.2, 0.25) is 0 Å². The Bertz CT molecular complexity index is 750. The fraction of sp³-hybridized carbons (Fsp3) is 0.333. The van der Waals surface area contributed by atoms with Crippen molar-refractivity contribution >= 4 is 11.8 Å². The van der Waals surface area contributed by atoms with Gasteiger partial charge in [0.2, 0.25) is 5.91 Å². The maximum absolute atomic E-state index is 12.9. The number of pyridine rings is 2. The topological polar surface area (TPSA) is 87.2 Å². The van der Waals surface area contributed by atoms with Crippen LogP contribution in [0.25, 0.3) is 0 Å². The Balaban J connectivity index is 1.71. The summed E-state index contributed by atoms with van der Waals surface area (Å²) in [5.74, 6) is -0.349. The molecular weight excluding hydrogens is 318 g/mol. The van der Waals surface area contributed by atoms with Gasteiger partial charge in [0.05, 0.1) is 17.8 Å².